The molecule has 0 bridgehead atoms. The average Bonchev–Trinajstić information content (AvgIpc) is 0.708. The molecule has 4 nitrogen and oxygen atoms in total. The van der Waals surface area contributed by atoms with Gasteiger partial charge in [-0.2, -0.15) is 0 Å². The maximum Gasteiger partial charge on any atom is 0.252 e. The van der Waals surface area contributed by atoms with Crippen molar-refractivity contribution in [2.24, 2.45) is 0 Å². The summed E-state index contributed by atoms with van der Waals surface area (Å²) in [5, 5.41) is -0.238. The maximum atomic E-state index is 9.70. The molecule has 0 N–H and O–H groups in total. The molecule has 89 heavy (non-hydrogen) atoms. The molecule has 0 radical (unpaired) electrons. The van der Waals surface area contributed by atoms with Crippen LogP contribution in [0.4, 0.5) is 34.1 Å². The van der Waals surface area contributed by atoms with Crippen molar-refractivity contribution in [3.05, 3.63) is 283 Å². The second-order valence-corrected chi connectivity index (χ2v) is 26.6. The molecule has 4 heterocycles. The Morgan fingerprint density at radius 1 is 0.303 bits per heavy atom. The highest BCUT2D eigenvalue weighted by molar-refractivity contribution is 7.00. The molecule has 2 aliphatic heterocycles. The summed E-state index contributed by atoms with van der Waals surface area (Å²) < 4.78 is 152. The van der Waals surface area contributed by atoms with Crippen molar-refractivity contribution in [3.8, 4) is 44.8 Å². The quantitative estimate of drug-likeness (QED) is 0.148. The van der Waals surface area contributed by atoms with Gasteiger partial charge in [-0.15, -0.1) is 0 Å². The van der Waals surface area contributed by atoms with Crippen molar-refractivity contribution >= 4 is 101 Å². The summed E-state index contributed by atoms with van der Waals surface area (Å²) in [5.41, 5.74) is 14.9. The molecule has 14 aromatic rings. The van der Waals surface area contributed by atoms with Crippen LogP contribution in [0.15, 0.2) is 267 Å². The Morgan fingerprint density at radius 2 is 0.663 bits per heavy atom. The van der Waals surface area contributed by atoms with Gasteiger partial charge < -0.3 is 18.9 Å². The van der Waals surface area contributed by atoms with Gasteiger partial charge in [-0.3, -0.25) is 0 Å². The van der Waals surface area contributed by atoms with E-state index in [1.807, 2.05) is 72.8 Å². The lowest BCUT2D eigenvalue weighted by atomic mass is 9.33. The van der Waals surface area contributed by atoms with E-state index < -0.39 is 103 Å². The second kappa shape index (κ2) is 20.2. The zero-order valence-electron chi connectivity index (χ0n) is 67.0. The standard InChI is InChI=1S/C84H71BN4/c1-82(2,3)58-38-36-54(37-39-58)57-48-79-81-80(49-57)89(76-47-41-60(84(7,8)9)51-68(76)56-26-14-11-15-27-56)78-53-62(87-73-34-22-18-30-65(73)66-31-19-23-35-74(66)87)43-45-70(78)85(81)69-44-42-61(86-71-32-20-16-28-63(71)64-29-17-21-33-72(64)86)52-77(69)88(79)75-46-40-59(83(4,5)6)50-67(75)55-24-12-10-13-25-55/h10-53H,1-9H3/i16D,17D,18D,19D,20D,21D,22D,23D,28D,29D,30D,31D,32D,33D,34D,35D. The molecule has 0 unspecified atom stereocenters. The lowest BCUT2D eigenvalue weighted by molar-refractivity contribution is 0.590. The molecule has 12 aromatic carbocycles. The fraction of sp³-hybridized carbons (Fsp3) is 0.143. The van der Waals surface area contributed by atoms with E-state index in [9.17, 15) is 11.0 Å². The highest BCUT2D eigenvalue weighted by Crippen LogP contribution is 2.52. The number of fused-ring (bicyclic) bond motifs is 10. The summed E-state index contributed by atoms with van der Waals surface area (Å²) in [6, 6.07) is 50.1. The monoisotopic (exact) mass is 1160 g/mol. The largest absolute Gasteiger partial charge is 0.311 e. The van der Waals surface area contributed by atoms with Gasteiger partial charge in [-0.1, -0.05) is 244 Å². The first-order valence-electron chi connectivity index (χ1n) is 38.3. The molecule has 0 spiro atoms. The molecule has 430 valence electrons. The van der Waals surface area contributed by atoms with Crippen LogP contribution in [0.3, 0.4) is 0 Å². The van der Waals surface area contributed by atoms with Gasteiger partial charge in [0.2, 0.25) is 0 Å². The minimum atomic E-state index is -0.698. The molecule has 16 rings (SSSR count). The summed E-state index contributed by atoms with van der Waals surface area (Å²) in [6.45, 7) is 18.9. The van der Waals surface area contributed by atoms with Crippen LogP contribution in [-0.4, -0.2) is 15.8 Å². The van der Waals surface area contributed by atoms with Crippen LogP contribution < -0.4 is 26.2 Å². The molecule has 0 aliphatic carbocycles. The van der Waals surface area contributed by atoms with E-state index in [0.717, 1.165) is 89.2 Å². The van der Waals surface area contributed by atoms with Gasteiger partial charge in [0.1, 0.15) is 0 Å². The number of hydrogen-bond donors (Lipinski definition) is 0. The fourth-order valence-electron chi connectivity index (χ4n) is 13.5. The van der Waals surface area contributed by atoms with Crippen LogP contribution in [-0.2, 0) is 16.2 Å². The Bertz CT molecular complexity index is 5630. The summed E-state index contributed by atoms with van der Waals surface area (Å²) in [5.74, 6) is 0. The first-order chi connectivity index (χ1) is 49.7. The van der Waals surface area contributed by atoms with E-state index in [1.165, 1.54) is 0 Å². The van der Waals surface area contributed by atoms with Gasteiger partial charge in [-0.05, 0) is 156 Å². The molecule has 5 heteroatoms. The average molecular weight is 1160 g/mol. The van der Waals surface area contributed by atoms with E-state index in [-0.39, 0.29) is 59.9 Å². The fourth-order valence-corrected chi connectivity index (χ4v) is 13.5. The topological polar surface area (TPSA) is 16.3 Å². The lowest BCUT2D eigenvalue weighted by Crippen LogP contribution is -2.61. The third-order valence-corrected chi connectivity index (χ3v) is 18.1. The van der Waals surface area contributed by atoms with E-state index in [2.05, 4.69) is 169 Å². The van der Waals surface area contributed by atoms with Crippen molar-refractivity contribution in [1.82, 2.24) is 9.13 Å². The van der Waals surface area contributed by atoms with Crippen molar-refractivity contribution in [1.29, 1.82) is 0 Å². The van der Waals surface area contributed by atoms with Crippen molar-refractivity contribution in [3.63, 3.8) is 0 Å². The number of para-hydroxylation sites is 4. The number of nitrogens with zero attached hydrogens (tertiary/aromatic N) is 4. The number of hydrogen-bond acceptors (Lipinski definition) is 2. The highest BCUT2D eigenvalue weighted by Gasteiger charge is 2.45. The summed E-state index contributed by atoms with van der Waals surface area (Å²) in [7, 11) is 0. The van der Waals surface area contributed by atoms with Gasteiger partial charge in [0.25, 0.3) is 6.71 Å². The lowest BCUT2D eigenvalue weighted by Gasteiger charge is -2.45. The molecule has 0 saturated carbocycles. The van der Waals surface area contributed by atoms with Gasteiger partial charge in [0, 0.05) is 66.8 Å². The van der Waals surface area contributed by atoms with Crippen LogP contribution >= 0.6 is 0 Å². The van der Waals surface area contributed by atoms with E-state index >= 15 is 0 Å². The molecule has 0 fully saturated rings. The summed E-state index contributed by atoms with van der Waals surface area (Å²) in [4.78, 5) is 4.54. The smallest absolute Gasteiger partial charge is 0.252 e. The van der Waals surface area contributed by atoms with Crippen LogP contribution in [0.5, 0.6) is 0 Å². The van der Waals surface area contributed by atoms with Gasteiger partial charge in [0.15, 0.2) is 0 Å². The highest BCUT2D eigenvalue weighted by atomic mass is 15.2. The summed E-state index contributed by atoms with van der Waals surface area (Å²) >= 11 is 0. The predicted molar refractivity (Wildman–Crippen MR) is 382 cm³/mol. The first-order valence-corrected chi connectivity index (χ1v) is 30.3. The van der Waals surface area contributed by atoms with Crippen molar-refractivity contribution in [2.45, 2.75) is 78.6 Å². The molecule has 0 saturated heterocycles. The minimum Gasteiger partial charge on any atom is -0.311 e. The zero-order chi connectivity index (χ0) is 74.6. The molecular formula is C84H71BN4. The normalized spacial score (nSPS) is 15.7. The molecule has 0 atom stereocenters. The zero-order valence-corrected chi connectivity index (χ0v) is 51.0. The molecule has 2 aliphatic rings. The van der Waals surface area contributed by atoms with Crippen LogP contribution in [0.25, 0.3) is 88.4 Å². The third-order valence-electron chi connectivity index (χ3n) is 18.1. The van der Waals surface area contributed by atoms with Gasteiger partial charge in [-0.25, -0.2) is 0 Å². The Balaban J connectivity index is 1.11. The number of anilines is 6. The Morgan fingerprint density at radius 3 is 1.03 bits per heavy atom. The van der Waals surface area contributed by atoms with Gasteiger partial charge in [0.05, 0.1) is 55.4 Å². The summed E-state index contributed by atoms with van der Waals surface area (Å²) in [6.07, 6.45) is 0. The minimum absolute atomic E-state index is 0.0360. The van der Waals surface area contributed by atoms with Crippen LogP contribution in [0, 0.1) is 0 Å². The predicted octanol–water partition coefficient (Wildman–Crippen LogP) is 20.9. The molecule has 2 aromatic heterocycles. The number of aromatic nitrogens is 2. The number of benzene rings is 12. The second-order valence-electron chi connectivity index (χ2n) is 26.6. The molecule has 0 amide bonds. The van der Waals surface area contributed by atoms with E-state index in [1.54, 1.807) is 9.13 Å². The SMILES string of the molecule is [2H]c1c([2H])c([2H])c2c(c1[2H])c1c([2H])c([2H])c([2H])c([2H])c1n2-c1ccc2c(c1)N(c1ccc(C(C)(C)C)cc1-c1ccccc1)c1cc(-c3ccc(C(C)(C)C)cc3)cc3c1B2c1ccc(-n2c4c([2H])c([2H])c([2H])c([2H])c4c4c([2H])c([2H])c([2H])c([2H])c42)cc1N3c1ccc(C(C)(C)C)cc1-c1ccccc1. The Hall–Kier alpha value is -10.1. The van der Waals surface area contributed by atoms with E-state index in [0.29, 0.717) is 22.7 Å². The van der Waals surface area contributed by atoms with Crippen molar-refractivity contribution in [2.75, 3.05) is 9.80 Å². The maximum absolute atomic E-state index is 9.70. The Labute approximate surface area is 546 Å². The van der Waals surface area contributed by atoms with Crippen LogP contribution in [0.2, 0.25) is 0 Å². The first kappa shape index (κ1) is 39.6. The van der Waals surface area contributed by atoms with Gasteiger partial charge >= 0.3 is 0 Å². The van der Waals surface area contributed by atoms with Crippen LogP contribution in [0.1, 0.15) is 101 Å². The Kier molecular flexibility index (Phi) is 9.01. The third kappa shape index (κ3) is 8.80. The van der Waals surface area contributed by atoms with E-state index in [4.69, 9.17) is 11.0 Å². The number of rotatable bonds is 7. The van der Waals surface area contributed by atoms with Crippen molar-refractivity contribution < 1.29 is 21.9 Å². The molecular weight excluding hydrogens is 1080 g/mol.